The molecule has 0 radical (unpaired) electrons. The highest BCUT2D eigenvalue weighted by Crippen LogP contribution is 2.34. The van der Waals surface area contributed by atoms with E-state index in [-0.39, 0.29) is 19.8 Å². The SMILES string of the molecule is CCc1cc(C(CC)CCO)ccc1-c1cc(COc2ccc(CO)c(CO)c2)cs1. The summed E-state index contributed by atoms with van der Waals surface area (Å²) < 4.78 is 5.92. The van der Waals surface area contributed by atoms with Crippen molar-refractivity contribution in [2.45, 2.75) is 58.8 Å². The molecule has 0 saturated heterocycles. The van der Waals surface area contributed by atoms with Crippen molar-refractivity contribution in [2.75, 3.05) is 6.61 Å². The first-order valence-electron chi connectivity index (χ1n) is 10.9. The molecule has 3 aromatic rings. The van der Waals surface area contributed by atoms with Gasteiger partial charge in [0.2, 0.25) is 0 Å². The zero-order valence-corrected chi connectivity index (χ0v) is 19.1. The third kappa shape index (κ3) is 5.74. The Labute approximate surface area is 188 Å². The Bertz CT molecular complexity index is 979. The number of thiophene rings is 1. The normalized spacial score (nSPS) is 12.2. The monoisotopic (exact) mass is 440 g/mol. The van der Waals surface area contributed by atoms with Gasteiger partial charge in [0.05, 0.1) is 13.2 Å². The molecule has 1 aromatic heterocycles. The summed E-state index contributed by atoms with van der Waals surface area (Å²) in [5, 5.41) is 30.3. The van der Waals surface area contributed by atoms with Gasteiger partial charge in [-0.3, -0.25) is 0 Å². The van der Waals surface area contributed by atoms with Gasteiger partial charge in [0.25, 0.3) is 0 Å². The molecule has 0 bridgehead atoms. The average Bonchev–Trinajstić information content (AvgIpc) is 3.29. The quantitative estimate of drug-likeness (QED) is 0.372. The van der Waals surface area contributed by atoms with Crippen molar-refractivity contribution < 1.29 is 20.1 Å². The fraction of sp³-hybridized carbons (Fsp3) is 0.385. The minimum absolute atomic E-state index is 0.0956. The van der Waals surface area contributed by atoms with Crippen LogP contribution in [0.3, 0.4) is 0 Å². The Hall–Kier alpha value is -2.18. The number of aryl methyl sites for hydroxylation is 1. The van der Waals surface area contributed by atoms with Crippen LogP contribution < -0.4 is 4.74 Å². The molecule has 0 aliphatic rings. The number of aliphatic hydroxyl groups is 3. The van der Waals surface area contributed by atoms with Gasteiger partial charge in [-0.1, -0.05) is 38.1 Å². The number of aliphatic hydroxyl groups excluding tert-OH is 3. The number of hydrogen-bond donors (Lipinski definition) is 3. The molecule has 0 aliphatic heterocycles. The van der Waals surface area contributed by atoms with Crippen LogP contribution in [0.1, 0.15) is 60.4 Å². The van der Waals surface area contributed by atoms with Crippen molar-refractivity contribution in [1.82, 2.24) is 0 Å². The Morgan fingerprint density at radius 2 is 1.71 bits per heavy atom. The largest absolute Gasteiger partial charge is 0.489 e. The van der Waals surface area contributed by atoms with E-state index in [1.54, 1.807) is 23.5 Å². The first-order valence-corrected chi connectivity index (χ1v) is 11.8. The van der Waals surface area contributed by atoms with E-state index in [1.165, 1.54) is 21.6 Å². The number of hydrogen-bond acceptors (Lipinski definition) is 5. The summed E-state index contributed by atoms with van der Waals surface area (Å²) in [6, 6.07) is 14.3. The maximum Gasteiger partial charge on any atom is 0.120 e. The average molecular weight is 441 g/mol. The molecule has 0 amide bonds. The summed E-state index contributed by atoms with van der Waals surface area (Å²) >= 11 is 1.72. The van der Waals surface area contributed by atoms with E-state index in [1.807, 2.05) is 6.07 Å². The molecular weight excluding hydrogens is 408 g/mol. The molecule has 3 rings (SSSR count). The van der Waals surface area contributed by atoms with E-state index in [4.69, 9.17) is 4.74 Å². The first-order chi connectivity index (χ1) is 15.1. The third-order valence-electron chi connectivity index (χ3n) is 5.80. The summed E-state index contributed by atoms with van der Waals surface area (Å²) in [6.45, 7) is 4.81. The zero-order valence-electron chi connectivity index (χ0n) is 18.3. The fourth-order valence-corrected chi connectivity index (χ4v) is 4.88. The van der Waals surface area contributed by atoms with Crippen molar-refractivity contribution in [3.05, 3.63) is 75.7 Å². The molecule has 0 aliphatic carbocycles. The Morgan fingerprint density at radius 1 is 0.903 bits per heavy atom. The summed E-state index contributed by atoms with van der Waals surface area (Å²) in [4.78, 5) is 1.23. The molecule has 0 spiro atoms. The molecule has 31 heavy (non-hydrogen) atoms. The Balaban J connectivity index is 1.74. The number of benzene rings is 2. The summed E-state index contributed by atoms with van der Waals surface area (Å²) in [5.74, 6) is 1.08. The van der Waals surface area contributed by atoms with Crippen molar-refractivity contribution in [2.24, 2.45) is 0 Å². The lowest BCUT2D eigenvalue weighted by Gasteiger charge is -2.17. The van der Waals surface area contributed by atoms with Crippen LogP contribution in [-0.2, 0) is 26.2 Å². The minimum atomic E-state index is -0.122. The highest BCUT2D eigenvalue weighted by molar-refractivity contribution is 7.13. The van der Waals surface area contributed by atoms with Crippen LogP contribution in [0.25, 0.3) is 10.4 Å². The van der Waals surface area contributed by atoms with Gasteiger partial charge in [0.15, 0.2) is 0 Å². The molecule has 0 saturated carbocycles. The summed E-state index contributed by atoms with van der Waals surface area (Å²) in [6.07, 6.45) is 2.79. The van der Waals surface area contributed by atoms with Gasteiger partial charge in [-0.2, -0.15) is 0 Å². The molecule has 2 aromatic carbocycles. The standard InChI is InChI=1S/C26H32O4S/c1-3-19(9-10-27)21-6-8-25(20(4-2)12-21)26-11-18(17-31-26)16-30-24-7-5-22(14-28)23(13-24)15-29/h5-8,11-13,17,19,27-29H,3-4,9-10,14-16H2,1-2H3. The van der Waals surface area contributed by atoms with Crippen LogP contribution in [0, 0.1) is 0 Å². The van der Waals surface area contributed by atoms with E-state index in [9.17, 15) is 15.3 Å². The van der Waals surface area contributed by atoms with Crippen molar-refractivity contribution in [3.8, 4) is 16.2 Å². The second-order valence-electron chi connectivity index (χ2n) is 7.74. The van der Waals surface area contributed by atoms with Crippen LogP contribution >= 0.6 is 11.3 Å². The molecule has 1 atom stereocenters. The second kappa shape index (κ2) is 11.4. The zero-order chi connectivity index (χ0) is 22.2. The minimum Gasteiger partial charge on any atom is -0.489 e. The van der Waals surface area contributed by atoms with Gasteiger partial charge >= 0.3 is 0 Å². The molecule has 4 nitrogen and oxygen atoms in total. The third-order valence-corrected chi connectivity index (χ3v) is 6.81. The Morgan fingerprint density at radius 3 is 2.39 bits per heavy atom. The topological polar surface area (TPSA) is 69.9 Å². The van der Waals surface area contributed by atoms with E-state index < -0.39 is 0 Å². The highest BCUT2D eigenvalue weighted by Gasteiger charge is 2.13. The fourth-order valence-electron chi connectivity index (χ4n) is 3.92. The first kappa shape index (κ1) is 23.5. The second-order valence-corrected chi connectivity index (χ2v) is 8.65. The maximum absolute atomic E-state index is 9.46. The summed E-state index contributed by atoms with van der Waals surface area (Å²) in [7, 11) is 0. The van der Waals surface area contributed by atoms with Gasteiger partial charge in [0.1, 0.15) is 12.4 Å². The molecule has 3 N–H and O–H groups in total. The molecule has 0 fully saturated rings. The smallest absolute Gasteiger partial charge is 0.120 e. The van der Waals surface area contributed by atoms with Gasteiger partial charge in [0, 0.05) is 17.0 Å². The predicted octanol–water partition coefficient (Wildman–Crippen LogP) is 5.42. The predicted molar refractivity (Wildman–Crippen MR) is 126 cm³/mol. The highest BCUT2D eigenvalue weighted by atomic mass is 32.1. The molecule has 5 heteroatoms. The van der Waals surface area contributed by atoms with E-state index in [0.717, 1.165) is 24.8 Å². The van der Waals surface area contributed by atoms with Gasteiger partial charge in [-0.05, 0) is 76.6 Å². The van der Waals surface area contributed by atoms with Gasteiger partial charge in [-0.25, -0.2) is 0 Å². The molecule has 1 unspecified atom stereocenters. The van der Waals surface area contributed by atoms with Crippen LogP contribution in [0.4, 0.5) is 0 Å². The van der Waals surface area contributed by atoms with Crippen molar-refractivity contribution in [1.29, 1.82) is 0 Å². The molecule has 1 heterocycles. The van der Waals surface area contributed by atoms with Crippen molar-refractivity contribution >= 4 is 11.3 Å². The number of ether oxygens (including phenoxy) is 1. The van der Waals surface area contributed by atoms with Crippen LogP contribution in [-0.4, -0.2) is 21.9 Å². The van der Waals surface area contributed by atoms with Crippen molar-refractivity contribution in [3.63, 3.8) is 0 Å². The van der Waals surface area contributed by atoms with E-state index in [2.05, 4.69) is 43.5 Å². The van der Waals surface area contributed by atoms with Gasteiger partial charge in [-0.15, -0.1) is 11.3 Å². The van der Waals surface area contributed by atoms with E-state index in [0.29, 0.717) is 29.4 Å². The lowest BCUT2D eigenvalue weighted by Crippen LogP contribution is -2.01. The lowest BCUT2D eigenvalue weighted by molar-refractivity contribution is 0.257. The molecular formula is C26H32O4S. The van der Waals surface area contributed by atoms with E-state index >= 15 is 0 Å². The number of rotatable bonds is 11. The summed E-state index contributed by atoms with van der Waals surface area (Å²) in [5.41, 5.74) is 6.40. The maximum atomic E-state index is 9.46. The van der Waals surface area contributed by atoms with Crippen LogP contribution in [0.15, 0.2) is 47.8 Å². The lowest BCUT2D eigenvalue weighted by atomic mass is 9.90. The molecule has 166 valence electrons. The van der Waals surface area contributed by atoms with Crippen LogP contribution in [0.5, 0.6) is 5.75 Å². The van der Waals surface area contributed by atoms with Gasteiger partial charge < -0.3 is 20.1 Å². The Kier molecular flexibility index (Phi) is 8.67. The van der Waals surface area contributed by atoms with Crippen LogP contribution in [0.2, 0.25) is 0 Å².